The molecular weight excluding hydrogens is 327 g/mol. The minimum atomic E-state index is 0.0557. The third-order valence-corrected chi connectivity index (χ3v) is 6.92. The maximum absolute atomic E-state index is 11.6. The van der Waals surface area contributed by atoms with Crippen LogP contribution in [0.15, 0.2) is 18.2 Å². The predicted octanol–water partition coefficient (Wildman–Crippen LogP) is 1.82. The number of hydrogen-bond acceptors (Lipinski definition) is 3. The third kappa shape index (κ3) is 4.49. The molecule has 2 rings (SSSR count). The summed E-state index contributed by atoms with van der Waals surface area (Å²) in [4.78, 5) is 13.3. The molecule has 0 aromatic heterocycles. The Kier molecular flexibility index (Phi) is 6.13. The summed E-state index contributed by atoms with van der Waals surface area (Å²) in [5, 5.41) is 1.26. The van der Waals surface area contributed by atoms with E-state index in [0.29, 0.717) is 6.54 Å². The molecule has 1 heterocycles. The molecule has 1 saturated heterocycles. The van der Waals surface area contributed by atoms with Gasteiger partial charge in [0.15, 0.2) is 0 Å². The monoisotopic (exact) mass is 351 g/mol. The number of hydrogen-bond donors (Lipinski definition) is 1. The Labute approximate surface area is 133 Å². The van der Waals surface area contributed by atoms with Crippen LogP contribution in [0.5, 0.6) is 0 Å². The van der Waals surface area contributed by atoms with E-state index in [1.165, 1.54) is 22.4 Å². The van der Waals surface area contributed by atoms with E-state index in [2.05, 4.69) is 6.07 Å². The number of nitrogen functional groups attached to an aromatic ring is 1. The summed E-state index contributed by atoms with van der Waals surface area (Å²) in [6.45, 7) is 6.05. The first-order chi connectivity index (χ1) is 10.1. The molecule has 0 bridgehead atoms. The Morgan fingerprint density at radius 2 is 2.14 bits per heavy atom. The quantitative estimate of drug-likeness (QED) is 0.650. The van der Waals surface area contributed by atoms with E-state index < -0.39 is 0 Å². The second-order valence-electron chi connectivity index (χ2n) is 5.40. The molecule has 5 heteroatoms. The van der Waals surface area contributed by atoms with Crippen molar-refractivity contribution in [3.05, 3.63) is 18.2 Å². The van der Waals surface area contributed by atoms with Crippen molar-refractivity contribution < 1.29 is 9.53 Å². The number of carbonyl (C=O) groups excluding carboxylic acids is 1. The Hall–Kier alpha value is -0.992. The Morgan fingerprint density at radius 3 is 2.71 bits per heavy atom. The van der Waals surface area contributed by atoms with Crippen LogP contribution in [-0.4, -0.2) is 41.4 Å². The third-order valence-electron chi connectivity index (χ3n) is 3.88. The molecule has 2 N–H and O–H groups in total. The van der Waals surface area contributed by atoms with Crippen LogP contribution in [0.3, 0.4) is 0 Å². The topological polar surface area (TPSA) is 55.6 Å². The number of amides is 1. The van der Waals surface area contributed by atoms with Gasteiger partial charge in [-0.15, -0.1) is 0 Å². The summed E-state index contributed by atoms with van der Waals surface area (Å²) < 4.78 is 6.68. The molecule has 0 atom stereocenters. The van der Waals surface area contributed by atoms with Crippen molar-refractivity contribution in [1.82, 2.24) is 0 Å². The number of nitrogens with zero attached hydrogens (tertiary/aromatic N) is 1. The zero-order valence-electron chi connectivity index (χ0n) is 12.8. The SMILES string of the molecule is CCN(C(C)=O)c1ccc([As]CC2CCOCC2)c(N)c1. The Bertz CT molecular complexity index is 487. The van der Waals surface area contributed by atoms with Crippen molar-refractivity contribution in [3.63, 3.8) is 0 Å². The number of anilines is 2. The van der Waals surface area contributed by atoms with Gasteiger partial charge in [-0.2, -0.15) is 0 Å². The van der Waals surface area contributed by atoms with Crippen LogP contribution in [0.1, 0.15) is 26.7 Å². The number of rotatable bonds is 5. The summed E-state index contributed by atoms with van der Waals surface area (Å²) in [5.41, 5.74) is 7.92. The molecular formula is C16H24AsN2O2. The standard InChI is InChI=1S/C16H24AsN2O2/c1-3-19(12(2)20)14-4-5-15(16(18)10-14)17-11-13-6-8-21-9-7-13/h4-5,10,13H,3,6-9,11,18H2,1-2H3. The summed E-state index contributed by atoms with van der Waals surface area (Å²) >= 11 is 0.0995. The van der Waals surface area contributed by atoms with Crippen molar-refractivity contribution in [3.8, 4) is 0 Å². The van der Waals surface area contributed by atoms with E-state index in [9.17, 15) is 4.79 Å². The maximum atomic E-state index is 11.6. The van der Waals surface area contributed by atoms with Gasteiger partial charge in [0.05, 0.1) is 0 Å². The number of carbonyl (C=O) groups is 1. The van der Waals surface area contributed by atoms with E-state index >= 15 is 0 Å². The van der Waals surface area contributed by atoms with Gasteiger partial charge in [-0.25, -0.2) is 0 Å². The molecule has 1 aliphatic heterocycles. The summed E-state index contributed by atoms with van der Waals surface area (Å²) in [7, 11) is 0. The summed E-state index contributed by atoms with van der Waals surface area (Å²) in [6.07, 6.45) is 2.36. The van der Waals surface area contributed by atoms with Crippen LogP contribution in [0, 0.1) is 5.92 Å². The van der Waals surface area contributed by atoms with Crippen LogP contribution in [-0.2, 0) is 9.53 Å². The van der Waals surface area contributed by atoms with Crippen molar-refractivity contribution in [2.75, 3.05) is 30.4 Å². The van der Waals surface area contributed by atoms with Gasteiger partial charge in [-0.1, -0.05) is 0 Å². The number of ether oxygens (including phenoxy) is 1. The van der Waals surface area contributed by atoms with Crippen LogP contribution >= 0.6 is 0 Å². The van der Waals surface area contributed by atoms with Crippen LogP contribution in [0.4, 0.5) is 11.4 Å². The molecule has 1 aromatic rings. The van der Waals surface area contributed by atoms with Gasteiger partial charge < -0.3 is 0 Å². The fraction of sp³-hybridized carbons (Fsp3) is 0.562. The molecule has 115 valence electrons. The van der Waals surface area contributed by atoms with Gasteiger partial charge in [-0.3, -0.25) is 0 Å². The van der Waals surface area contributed by atoms with Gasteiger partial charge in [0.1, 0.15) is 0 Å². The van der Waals surface area contributed by atoms with Crippen molar-refractivity contribution >= 4 is 37.4 Å². The first-order valence-corrected chi connectivity index (χ1v) is 9.81. The molecule has 1 aliphatic rings. The van der Waals surface area contributed by atoms with E-state index in [4.69, 9.17) is 10.5 Å². The van der Waals surface area contributed by atoms with Crippen LogP contribution in [0.2, 0.25) is 5.21 Å². The van der Waals surface area contributed by atoms with Crippen molar-refractivity contribution in [2.24, 2.45) is 5.92 Å². The molecule has 1 radical (unpaired) electrons. The molecule has 0 saturated carbocycles. The van der Waals surface area contributed by atoms with E-state index in [1.807, 2.05) is 19.1 Å². The fourth-order valence-electron chi connectivity index (χ4n) is 2.60. The first kappa shape index (κ1) is 16.4. The molecule has 1 aromatic carbocycles. The second-order valence-corrected chi connectivity index (χ2v) is 7.84. The zero-order valence-corrected chi connectivity index (χ0v) is 14.7. The van der Waals surface area contributed by atoms with Crippen molar-refractivity contribution in [1.29, 1.82) is 0 Å². The molecule has 0 spiro atoms. The average Bonchev–Trinajstić information content (AvgIpc) is 2.48. The van der Waals surface area contributed by atoms with Crippen molar-refractivity contribution in [2.45, 2.75) is 31.9 Å². The second kappa shape index (κ2) is 7.86. The van der Waals surface area contributed by atoms with E-state index in [-0.39, 0.29) is 21.7 Å². The summed E-state index contributed by atoms with van der Waals surface area (Å²) in [5.74, 6) is 0.849. The molecule has 0 unspecified atom stereocenters. The normalized spacial score (nSPS) is 16.5. The number of nitrogens with two attached hydrogens (primary N) is 1. The number of benzene rings is 1. The Balaban J connectivity index is 1.99. The summed E-state index contributed by atoms with van der Waals surface area (Å²) in [6, 6.07) is 6.08. The molecule has 4 nitrogen and oxygen atoms in total. The van der Waals surface area contributed by atoms with E-state index in [0.717, 1.165) is 30.5 Å². The van der Waals surface area contributed by atoms with E-state index in [1.54, 1.807) is 11.8 Å². The van der Waals surface area contributed by atoms with Gasteiger partial charge in [-0.05, 0) is 0 Å². The molecule has 0 aliphatic carbocycles. The molecule has 1 fully saturated rings. The van der Waals surface area contributed by atoms with Crippen LogP contribution < -0.4 is 15.0 Å². The van der Waals surface area contributed by atoms with Gasteiger partial charge in [0.25, 0.3) is 0 Å². The van der Waals surface area contributed by atoms with Gasteiger partial charge in [0.2, 0.25) is 0 Å². The minimum absolute atomic E-state index is 0.0557. The average molecular weight is 351 g/mol. The van der Waals surface area contributed by atoms with Gasteiger partial charge in [0, 0.05) is 0 Å². The molecule has 21 heavy (non-hydrogen) atoms. The first-order valence-electron chi connectivity index (χ1n) is 7.54. The van der Waals surface area contributed by atoms with Gasteiger partial charge >= 0.3 is 133 Å². The van der Waals surface area contributed by atoms with Crippen LogP contribution in [0.25, 0.3) is 0 Å². The fourth-order valence-corrected chi connectivity index (χ4v) is 5.21. The Morgan fingerprint density at radius 1 is 1.43 bits per heavy atom. The molecule has 1 amide bonds. The zero-order chi connectivity index (χ0) is 15.2. The predicted molar refractivity (Wildman–Crippen MR) is 88.3 cm³/mol.